The van der Waals surface area contributed by atoms with Crippen molar-refractivity contribution in [1.82, 2.24) is 5.32 Å². The van der Waals surface area contributed by atoms with Crippen LogP contribution in [-0.4, -0.2) is 18.5 Å². The van der Waals surface area contributed by atoms with Crippen molar-refractivity contribution in [3.8, 4) is 0 Å². The van der Waals surface area contributed by atoms with Crippen LogP contribution in [0.15, 0.2) is 91.0 Å². The largest absolute Gasteiger partial charge is 0.385 e. The Bertz CT molecular complexity index is 1350. The summed E-state index contributed by atoms with van der Waals surface area (Å²) in [6.45, 7) is 7.10. The summed E-state index contributed by atoms with van der Waals surface area (Å²) in [5.74, 6) is 0.00557. The minimum absolute atomic E-state index is 0.0860. The Morgan fingerprint density at radius 3 is 2.08 bits per heavy atom. The van der Waals surface area contributed by atoms with E-state index in [1.807, 2.05) is 0 Å². The van der Waals surface area contributed by atoms with Gasteiger partial charge in [0.1, 0.15) is 0 Å². The lowest BCUT2D eigenvalue weighted by molar-refractivity contribution is -0.123. The highest BCUT2D eigenvalue weighted by atomic mass is 16.2. The number of hydrogen-bond acceptors (Lipinski definition) is 3. The minimum atomic E-state index is -0.599. The third kappa shape index (κ3) is 5.51. The standard InChI is InChI=1S/C34H37N3O/c1-22-18-23(2)28(24(3)19-22)21-30(35)34(38)37-32-16-17-36-31-15-14-27(20-29(31)32)33(25-10-6-4-7-11-25)26-12-8-5-9-13-26/h4-15,18-20,30,32-33,36H,16-17,21,35H2,1-3H3,(H,37,38). The average molecular weight is 504 g/mol. The van der Waals surface area contributed by atoms with E-state index >= 15 is 0 Å². The van der Waals surface area contributed by atoms with E-state index in [2.05, 4.69) is 122 Å². The minimum Gasteiger partial charge on any atom is -0.385 e. The van der Waals surface area contributed by atoms with Crippen molar-refractivity contribution >= 4 is 11.6 Å². The van der Waals surface area contributed by atoms with Gasteiger partial charge in [0, 0.05) is 18.2 Å². The molecule has 4 heteroatoms. The summed E-state index contributed by atoms with van der Waals surface area (Å²) in [5, 5.41) is 6.81. The van der Waals surface area contributed by atoms with Crippen molar-refractivity contribution < 1.29 is 4.79 Å². The molecule has 1 aliphatic rings. The molecule has 4 nitrogen and oxygen atoms in total. The molecular formula is C34H37N3O. The van der Waals surface area contributed by atoms with Crippen LogP contribution in [0.3, 0.4) is 0 Å². The SMILES string of the molecule is Cc1cc(C)c(CC(N)C(=O)NC2CCNc3ccc(C(c4ccccc4)c4ccccc4)cc32)c(C)c1. The van der Waals surface area contributed by atoms with E-state index in [4.69, 9.17) is 5.73 Å². The Hall–Kier alpha value is -3.89. The Balaban J connectivity index is 1.41. The number of carbonyl (C=O) groups is 1. The second kappa shape index (κ2) is 11.2. The first-order valence-electron chi connectivity index (χ1n) is 13.5. The zero-order valence-electron chi connectivity index (χ0n) is 22.5. The molecule has 4 N–H and O–H groups in total. The predicted molar refractivity (Wildman–Crippen MR) is 157 cm³/mol. The molecule has 194 valence electrons. The van der Waals surface area contributed by atoms with Crippen molar-refractivity contribution in [1.29, 1.82) is 0 Å². The highest BCUT2D eigenvalue weighted by molar-refractivity contribution is 5.82. The Labute approximate surface area is 226 Å². The van der Waals surface area contributed by atoms with Gasteiger partial charge in [0.15, 0.2) is 0 Å². The summed E-state index contributed by atoms with van der Waals surface area (Å²) >= 11 is 0. The zero-order chi connectivity index (χ0) is 26.6. The van der Waals surface area contributed by atoms with Crippen LogP contribution in [-0.2, 0) is 11.2 Å². The molecule has 1 amide bonds. The lowest BCUT2D eigenvalue weighted by Gasteiger charge is -2.30. The fraction of sp³-hybridized carbons (Fsp3) is 0.265. The number of amides is 1. The second-order valence-corrected chi connectivity index (χ2v) is 10.6. The van der Waals surface area contributed by atoms with Crippen LogP contribution in [0.25, 0.3) is 0 Å². The van der Waals surface area contributed by atoms with Crippen LogP contribution < -0.4 is 16.4 Å². The fourth-order valence-corrected chi connectivity index (χ4v) is 5.86. The molecule has 0 spiro atoms. The van der Waals surface area contributed by atoms with Gasteiger partial charge in [-0.2, -0.15) is 0 Å². The van der Waals surface area contributed by atoms with Crippen LogP contribution in [0.5, 0.6) is 0 Å². The number of rotatable bonds is 7. The van der Waals surface area contributed by atoms with Gasteiger partial charge in [-0.15, -0.1) is 0 Å². The summed E-state index contributed by atoms with van der Waals surface area (Å²) in [5.41, 5.74) is 17.1. The molecule has 0 bridgehead atoms. The smallest absolute Gasteiger partial charge is 0.237 e. The van der Waals surface area contributed by atoms with E-state index < -0.39 is 6.04 Å². The van der Waals surface area contributed by atoms with Crippen LogP contribution in [0.2, 0.25) is 0 Å². The monoisotopic (exact) mass is 503 g/mol. The number of fused-ring (bicyclic) bond motifs is 1. The molecule has 0 saturated carbocycles. The third-order valence-electron chi connectivity index (χ3n) is 7.72. The molecule has 0 fully saturated rings. The van der Waals surface area contributed by atoms with Crippen molar-refractivity contribution in [2.45, 2.75) is 51.6 Å². The van der Waals surface area contributed by atoms with Gasteiger partial charge in [-0.1, -0.05) is 90.5 Å². The Morgan fingerprint density at radius 2 is 1.47 bits per heavy atom. The first kappa shape index (κ1) is 25.7. The molecular weight excluding hydrogens is 466 g/mol. The van der Waals surface area contributed by atoms with Gasteiger partial charge in [0.2, 0.25) is 5.91 Å². The van der Waals surface area contributed by atoms with Crippen LogP contribution in [0.1, 0.15) is 62.9 Å². The topological polar surface area (TPSA) is 67.2 Å². The molecule has 0 saturated heterocycles. The molecule has 38 heavy (non-hydrogen) atoms. The van der Waals surface area contributed by atoms with Crippen LogP contribution >= 0.6 is 0 Å². The number of nitrogens with two attached hydrogens (primary N) is 1. The van der Waals surface area contributed by atoms with E-state index in [9.17, 15) is 4.79 Å². The number of benzene rings is 4. The molecule has 0 aromatic heterocycles. The lowest BCUT2D eigenvalue weighted by atomic mass is 9.83. The summed E-state index contributed by atoms with van der Waals surface area (Å²) < 4.78 is 0. The molecule has 4 aromatic rings. The van der Waals surface area contributed by atoms with E-state index in [1.165, 1.54) is 38.9 Å². The van der Waals surface area contributed by atoms with Gasteiger partial charge in [-0.3, -0.25) is 4.79 Å². The molecule has 2 unspecified atom stereocenters. The zero-order valence-corrected chi connectivity index (χ0v) is 22.5. The molecule has 0 aliphatic carbocycles. The summed E-state index contributed by atoms with van der Waals surface area (Å²) in [6.07, 6.45) is 1.35. The molecule has 5 rings (SSSR count). The van der Waals surface area contributed by atoms with Crippen molar-refractivity contribution in [2.24, 2.45) is 5.73 Å². The highest BCUT2D eigenvalue weighted by Gasteiger charge is 2.27. The second-order valence-electron chi connectivity index (χ2n) is 10.6. The quantitative estimate of drug-likeness (QED) is 0.258. The summed E-state index contributed by atoms with van der Waals surface area (Å²) in [6, 6.07) is 31.5. The lowest BCUT2D eigenvalue weighted by Crippen LogP contribution is -2.44. The molecule has 1 aliphatic heterocycles. The third-order valence-corrected chi connectivity index (χ3v) is 7.72. The Kier molecular flexibility index (Phi) is 7.62. The highest BCUT2D eigenvalue weighted by Crippen LogP contribution is 2.37. The van der Waals surface area contributed by atoms with E-state index in [-0.39, 0.29) is 17.9 Å². The van der Waals surface area contributed by atoms with Crippen LogP contribution in [0, 0.1) is 20.8 Å². The number of aryl methyl sites for hydroxylation is 3. The number of nitrogens with one attached hydrogen (secondary N) is 2. The summed E-state index contributed by atoms with van der Waals surface area (Å²) in [7, 11) is 0. The molecule has 1 heterocycles. The first-order chi connectivity index (χ1) is 18.4. The molecule has 4 aromatic carbocycles. The number of carbonyl (C=O) groups excluding carboxylic acids is 1. The van der Waals surface area contributed by atoms with Gasteiger partial charge in [-0.25, -0.2) is 0 Å². The molecule has 2 atom stereocenters. The maximum atomic E-state index is 13.3. The predicted octanol–water partition coefficient (Wildman–Crippen LogP) is 6.33. The van der Waals surface area contributed by atoms with Gasteiger partial charge in [0.05, 0.1) is 12.1 Å². The van der Waals surface area contributed by atoms with E-state index in [1.54, 1.807) is 0 Å². The normalized spacial score (nSPS) is 15.4. The van der Waals surface area contributed by atoms with Crippen molar-refractivity contribution in [3.63, 3.8) is 0 Å². The van der Waals surface area contributed by atoms with Gasteiger partial charge in [-0.05, 0) is 78.6 Å². The maximum absolute atomic E-state index is 13.3. The number of hydrogen-bond donors (Lipinski definition) is 3. The van der Waals surface area contributed by atoms with Gasteiger partial charge >= 0.3 is 0 Å². The fourth-order valence-electron chi connectivity index (χ4n) is 5.86. The van der Waals surface area contributed by atoms with Gasteiger partial charge in [0.25, 0.3) is 0 Å². The van der Waals surface area contributed by atoms with Crippen molar-refractivity contribution in [2.75, 3.05) is 11.9 Å². The first-order valence-corrected chi connectivity index (χ1v) is 13.5. The van der Waals surface area contributed by atoms with E-state index in [0.29, 0.717) is 6.42 Å². The Morgan fingerprint density at radius 1 is 0.868 bits per heavy atom. The maximum Gasteiger partial charge on any atom is 0.237 e. The van der Waals surface area contributed by atoms with Gasteiger partial charge < -0.3 is 16.4 Å². The van der Waals surface area contributed by atoms with Crippen LogP contribution in [0.4, 0.5) is 5.69 Å². The average Bonchev–Trinajstić information content (AvgIpc) is 2.92. The molecule has 0 radical (unpaired) electrons. The van der Waals surface area contributed by atoms with E-state index in [0.717, 1.165) is 24.2 Å². The number of anilines is 1. The van der Waals surface area contributed by atoms with Crippen molar-refractivity contribution in [3.05, 3.63) is 136 Å². The summed E-state index contributed by atoms with van der Waals surface area (Å²) in [4.78, 5) is 13.3.